The highest BCUT2D eigenvalue weighted by Crippen LogP contribution is 2.47. The highest BCUT2D eigenvalue weighted by Gasteiger charge is 2.43. The molecule has 1 aliphatic carbocycles. The Labute approximate surface area is 147 Å². The lowest BCUT2D eigenvalue weighted by molar-refractivity contribution is -0.384. The van der Waals surface area contributed by atoms with Gasteiger partial charge in [-0.25, -0.2) is 0 Å². The first-order valence-electron chi connectivity index (χ1n) is 8.36. The molecule has 0 saturated heterocycles. The number of hydrogen-bond donors (Lipinski definition) is 2. The van der Waals surface area contributed by atoms with Gasteiger partial charge in [0.2, 0.25) is 0 Å². The molecule has 3 rings (SSSR count). The van der Waals surface area contributed by atoms with Crippen LogP contribution in [0.25, 0.3) is 0 Å². The number of guanidine groups is 1. The molecular formula is C19H22N4O2. The molecule has 2 N–H and O–H groups in total. The van der Waals surface area contributed by atoms with Gasteiger partial charge in [-0.3, -0.25) is 15.1 Å². The molecule has 2 aromatic carbocycles. The summed E-state index contributed by atoms with van der Waals surface area (Å²) in [5.41, 5.74) is 2.51. The van der Waals surface area contributed by atoms with Crippen molar-refractivity contribution in [3.8, 4) is 0 Å². The van der Waals surface area contributed by atoms with E-state index in [4.69, 9.17) is 0 Å². The van der Waals surface area contributed by atoms with E-state index in [1.807, 2.05) is 12.1 Å². The van der Waals surface area contributed by atoms with Crippen LogP contribution in [0, 0.1) is 10.1 Å². The zero-order valence-corrected chi connectivity index (χ0v) is 14.2. The number of nitro benzene ring substituents is 1. The minimum absolute atomic E-state index is 0.100. The Balaban J connectivity index is 1.56. The van der Waals surface area contributed by atoms with Crippen LogP contribution in [0.5, 0.6) is 0 Å². The predicted molar refractivity (Wildman–Crippen MR) is 98.7 cm³/mol. The summed E-state index contributed by atoms with van der Waals surface area (Å²) in [5.74, 6) is 0.703. The van der Waals surface area contributed by atoms with Gasteiger partial charge in [0.1, 0.15) is 0 Å². The van der Waals surface area contributed by atoms with Gasteiger partial charge in [0.15, 0.2) is 5.96 Å². The van der Waals surface area contributed by atoms with E-state index in [2.05, 4.69) is 39.9 Å². The van der Waals surface area contributed by atoms with Crippen molar-refractivity contribution in [1.82, 2.24) is 10.6 Å². The lowest BCUT2D eigenvalue weighted by Gasteiger charge is -2.19. The van der Waals surface area contributed by atoms with Crippen LogP contribution < -0.4 is 10.6 Å². The van der Waals surface area contributed by atoms with Gasteiger partial charge in [0.25, 0.3) is 5.69 Å². The van der Waals surface area contributed by atoms with Crippen LogP contribution >= 0.6 is 0 Å². The number of nitrogens with one attached hydrogen (secondary N) is 2. The van der Waals surface area contributed by atoms with E-state index in [0.29, 0.717) is 12.5 Å². The van der Waals surface area contributed by atoms with Crippen molar-refractivity contribution in [2.24, 2.45) is 4.99 Å². The molecule has 1 aliphatic rings. The largest absolute Gasteiger partial charge is 0.356 e. The van der Waals surface area contributed by atoms with Gasteiger partial charge in [-0.15, -0.1) is 0 Å². The number of benzene rings is 2. The molecule has 0 aromatic heterocycles. The molecule has 0 unspecified atom stereocenters. The fourth-order valence-corrected chi connectivity index (χ4v) is 2.95. The summed E-state index contributed by atoms with van der Waals surface area (Å²) in [5, 5.41) is 17.5. The normalized spacial score (nSPS) is 15.5. The number of non-ortho nitro benzene ring substituents is 1. The van der Waals surface area contributed by atoms with E-state index in [1.54, 1.807) is 19.2 Å². The quantitative estimate of drug-likeness (QED) is 0.367. The Morgan fingerprint density at radius 3 is 2.56 bits per heavy atom. The summed E-state index contributed by atoms with van der Waals surface area (Å²) in [4.78, 5) is 14.7. The van der Waals surface area contributed by atoms with Crippen LogP contribution in [0.1, 0.15) is 24.0 Å². The Bertz CT molecular complexity index is 770. The van der Waals surface area contributed by atoms with Crippen molar-refractivity contribution >= 4 is 11.6 Å². The average molecular weight is 338 g/mol. The maximum Gasteiger partial charge on any atom is 0.269 e. The number of nitro groups is 1. The lowest BCUT2D eigenvalue weighted by Crippen LogP contribution is -2.40. The van der Waals surface area contributed by atoms with Gasteiger partial charge in [0, 0.05) is 37.7 Å². The third-order valence-corrected chi connectivity index (χ3v) is 4.64. The predicted octanol–water partition coefficient (Wildman–Crippen LogP) is 2.99. The zero-order valence-electron chi connectivity index (χ0n) is 14.2. The number of hydrogen-bond acceptors (Lipinski definition) is 3. The highest BCUT2D eigenvalue weighted by molar-refractivity contribution is 5.79. The van der Waals surface area contributed by atoms with Crippen LogP contribution in [0.2, 0.25) is 0 Å². The van der Waals surface area contributed by atoms with Gasteiger partial charge in [-0.1, -0.05) is 42.5 Å². The van der Waals surface area contributed by atoms with Crippen LogP contribution in [-0.2, 0) is 12.0 Å². The summed E-state index contributed by atoms with van der Waals surface area (Å²) >= 11 is 0. The summed E-state index contributed by atoms with van der Waals surface area (Å²) in [6, 6.07) is 17.2. The van der Waals surface area contributed by atoms with Crippen molar-refractivity contribution in [1.29, 1.82) is 0 Å². The molecule has 0 bridgehead atoms. The van der Waals surface area contributed by atoms with Crippen LogP contribution in [-0.4, -0.2) is 24.5 Å². The molecule has 1 saturated carbocycles. The lowest BCUT2D eigenvalue weighted by atomic mass is 9.96. The monoisotopic (exact) mass is 338 g/mol. The molecule has 0 spiro atoms. The van der Waals surface area contributed by atoms with Gasteiger partial charge < -0.3 is 10.6 Å². The second-order valence-electron chi connectivity index (χ2n) is 6.35. The smallest absolute Gasteiger partial charge is 0.269 e. The molecule has 6 heteroatoms. The van der Waals surface area contributed by atoms with E-state index >= 15 is 0 Å². The fraction of sp³-hybridized carbons (Fsp3) is 0.316. The summed E-state index contributed by atoms with van der Waals surface area (Å²) in [7, 11) is 1.73. The van der Waals surface area contributed by atoms with E-state index in [1.165, 1.54) is 24.5 Å². The van der Waals surface area contributed by atoms with Crippen molar-refractivity contribution in [2.75, 3.05) is 13.6 Å². The van der Waals surface area contributed by atoms with Crippen molar-refractivity contribution in [2.45, 2.75) is 24.8 Å². The average Bonchev–Trinajstić information content (AvgIpc) is 3.44. The van der Waals surface area contributed by atoms with Crippen LogP contribution in [0.4, 0.5) is 5.69 Å². The van der Waals surface area contributed by atoms with Crippen LogP contribution in [0.3, 0.4) is 0 Å². The molecule has 0 heterocycles. The third kappa shape index (κ3) is 4.15. The molecule has 0 aliphatic heterocycles. The third-order valence-electron chi connectivity index (χ3n) is 4.64. The van der Waals surface area contributed by atoms with Crippen molar-refractivity contribution in [3.63, 3.8) is 0 Å². The number of rotatable bonds is 6. The van der Waals surface area contributed by atoms with Gasteiger partial charge in [0.05, 0.1) is 4.92 Å². The van der Waals surface area contributed by atoms with E-state index < -0.39 is 0 Å². The maximum absolute atomic E-state index is 10.9. The first-order valence-corrected chi connectivity index (χ1v) is 8.36. The van der Waals surface area contributed by atoms with Gasteiger partial charge in [-0.2, -0.15) is 0 Å². The summed E-state index contributed by atoms with van der Waals surface area (Å²) in [6.07, 6.45) is 2.35. The van der Waals surface area contributed by atoms with Crippen molar-refractivity contribution in [3.05, 3.63) is 75.8 Å². The molecule has 0 atom stereocenters. The van der Waals surface area contributed by atoms with Gasteiger partial charge >= 0.3 is 0 Å². The first kappa shape index (κ1) is 17.0. The topological polar surface area (TPSA) is 79.6 Å². The van der Waals surface area contributed by atoms with Crippen LogP contribution in [0.15, 0.2) is 59.6 Å². The standard InChI is InChI=1S/C19H22N4O2/c1-20-18(21-13-15-6-5-9-17(12-15)23(24)25)22-14-19(10-11-19)16-7-3-2-4-8-16/h2-9,12H,10-11,13-14H2,1H3,(H2,20,21,22). The Kier molecular flexibility index (Phi) is 4.97. The molecule has 1 fully saturated rings. The summed E-state index contributed by atoms with van der Waals surface area (Å²) < 4.78 is 0. The Morgan fingerprint density at radius 1 is 1.16 bits per heavy atom. The van der Waals surface area contributed by atoms with E-state index in [9.17, 15) is 10.1 Å². The molecule has 25 heavy (non-hydrogen) atoms. The van der Waals surface area contributed by atoms with Crippen molar-refractivity contribution < 1.29 is 4.92 Å². The molecule has 2 aromatic rings. The SMILES string of the molecule is CN=C(NCc1cccc([N+](=O)[O-])c1)NCC1(c2ccccc2)CC1. The molecule has 130 valence electrons. The van der Waals surface area contributed by atoms with Gasteiger partial charge in [-0.05, 0) is 24.0 Å². The number of nitrogens with zero attached hydrogens (tertiary/aromatic N) is 2. The summed E-state index contributed by atoms with van der Waals surface area (Å²) in [6.45, 7) is 1.31. The second kappa shape index (κ2) is 7.34. The Hall–Kier alpha value is -2.89. The van der Waals surface area contributed by atoms with E-state index in [0.717, 1.165) is 12.1 Å². The maximum atomic E-state index is 10.9. The first-order chi connectivity index (χ1) is 12.1. The molecule has 0 amide bonds. The minimum Gasteiger partial charge on any atom is -0.356 e. The fourth-order valence-electron chi connectivity index (χ4n) is 2.95. The second-order valence-corrected chi connectivity index (χ2v) is 6.35. The highest BCUT2D eigenvalue weighted by atomic mass is 16.6. The Morgan fingerprint density at radius 2 is 1.92 bits per heavy atom. The zero-order chi connectivity index (χ0) is 17.7. The molecular weight excluding hydrogens is 316 g/mol. The molecule has 0 radical (unpaired) electrons. The molecule has 6 nitrogen and oxygen atoms in total. The van der Waals surface area contributed by atoms with E-state index in [-0.39, 0.29) is 16.0 Å². The number of aliphatic imine (C=N–C) groups is 1. The minimum atomic E-state index is -0.382.